The Balaban J connectivity index is 2.18. The van der Waals surface area contributed by atoms with Crippen molar-refractivity contribution in [3.63, 3.8) is 0 Å². The maximum absolute atomic E-state index is 11.5. The smallest absolute Gasteiger partial charge is 0.338 e. The Kier molecular flexibility index (Phi) is 4.45. The summed E-state index contributed by atoms with van der Waals surface area (Å²) in [6.45, 7) is 2.01. The molecule has 0 fully saturated rings. The maximum atomic E-state index is 11.5. The highest BCUT2D eigenvalue weighted by molar-refractivity contribution is 5.89. The monoisotopic (exact) mass is 288 g/mol. The zero-order valence-electron chi connectivity index (χ0n) is 11.2. The van der Waals surface area contributed by atoms with E-state index in [4.69, 9.17) is 9.47 Å². The number of esters is 1. The van der Waals surface area contributed by atoms with Crippen LogP contribution in [-0.2, 0) is 4.74 Å². The lowest BCUT2D eigenvalue weighted by atomic mass is 10.2. The number of aromatic nitrogens is 1. The van der Waals surface area contributed by atoms with Crippen molar-refractivity contribution in [3.8, 4) is 11.5 Å². The van der Waals surface area contributed by atoms with Gasteiger partial charge in [-0.2, -0.15) is 0 Å². The molecule has 0 unspecified atom stereocenters. The average Bonchev–Trinajstić information content (AvgIpc) is 2.48. The fourth-order valence-corrected chi connectivity index (χ4v) is 1.60. The van der Waals surface area contributed by atoms with Gasteiger partial charge >= 0.3 is 11.7 Å². The fraction of sp³-hybridized carbons (Fsp3) is 0.143. The van der Waals surface area contributed by atoms with Gasteiger partial charge in [0.1, 0.15) is 11.9 Å². The third-order valence-corrected chi connectivity index (χ3v) is 2.55. The first-order valence-electron chi connectivity index (χ1n) is 6.15. The summed E-state index contributed by atoms with van der Waals surface area (Å²) in [7, 11) is 0. The summed E-state index contributed by atoms with van der Waals surface area (Å²) in [6, 6.07) is 7.53. The van der Waals surface area contributed by atoms with Crippen molar-refractivity contribution in [2.75, 3.05) is 6.61 Å². The van der Waals surface area contributed by atoms with Crippen LogP contribution < -0.4 is 4.74 Å². The van der Waals surface area contributed by atoms with Crippen LogP contribution in [0, 0.1) is 10.1 Å². The lowest BCUT2D eigenvalue weighted by Crippen LogP contribution is -2.04. The van der Waals surface area contributed by atoms with Crippen LogP contribution in [0.15, 0.2) is 42.7 Å². The third kappa shape index (κ3) is 3.53. The first kappa shape index (κ1) is 14.4. The van der Waals surface area contributed by atoms with E-state index in [1.54, 1.807) is 6.92 Å². The molecule has 2 aromatic rings. The minimum Gasteiger partial charge on any atom is -0.462 e. The van der Waals surface area contributed by atoms with Gasteiger partial charge in [0.15, 0.2) is 0 Å². The lowest BCUT2D eigenvalue weighted by molar-refractivity contribution is -0.386. The van der Waals surface area contributed by atoms with Crippen LogP contribution in [0.5, 0.6) is 11.5 Å². The van der Waals surface area contributed by atoms with Gasteiger partial charge in [0.25, 0.3) is 0 Å². The van der Waals surface area contributed by atoms with Crippen LogP contribution in [0.1, 0.15) is 17.3 Å². The first-order chi connectivity index (χ1) is 10.1. The maximum Gasteiger partial charge on any atom is 0.338 e. The molecule has 1 heterocycles. The van der Waals surface area contributed by atoms with E-state index in [0.717, 1.165) is 6.20 Å². The molecule has 2 rings (SSSR count). The lowest BCUT2D eigenvalue weighted by Gasteiger charge is -2.06. The molecule has 0 aliphatic rings. The number of hydrogen-bond acceptors (Lipinski definition) is 6. The van der Waals surface area contributed by atoms with Crippen LogP contribution in [0.2, 0.25) is 0 Å². The summed E-state index contributed by atoms with van der Waals surface area (Å²) in [4.78, 5) is 25.5. The van der Waals surface area contributed by atoms with Gasteiger partial charge in [-0.15, -0.1) is 0 Å². The molecule has 7 heteroatoms. The second kappa shape index (κ2) is 6.47. The third-order valence-electron chi connectivity index (χ3n) is 2.55. The highest BCUT2D eigenvalue weighted by atomic mass is 16.6. The van der Waals surface area contributed by atoms with Gasteiger partial charge < -0.3 is 9.47 Å². The second-order valence-corrected chi connectivity index (χ2v) is 3.95. The van der Waals surface area contributed by atoms with Crippen molar-refractivity contribution < 1.29 is 19.2 Å². The van der Waals surface area contributed by atoms with E-state index in [-0.39, 0.29) is 11.4 Å². The molecule has 0 saturated carbocycles. The minimum atomic E-state index is -0.574. The average molecular weight is 288 g/mol. The summed E-state index contributed by atoms with van der Waals surface area (Å²) < 4.78 is 10.3. The summed E-state index contributed by atoms with van der Waals surface area (Å²) in [5.74, 6) is 0.0233. The first-order valence-corrected chi connectivity index (χ1v) is 6.15. The molecular weight excluding hydrogens is 276 g/mol. The molecule has 0 radical (unpaired) electrons. The Morgan fingerprint density at radius 3 is 2.62 bits per heavy atom. The number of ether oxygens (including phenoxy) is 2. The molecule has 0 N–H and O–H groups in total. The molecule has 21 heavy (non-hydrogen) atoms. The van der Waals surface area contributed by atoms with Gasteiger partial charge in [0.05, 0.1) is 17.1 Å². The van der Waals surface area contributed by atoms with Gasteiger partial charge in [0, 0.05) is 12.3 Å². The van der Waals surface area contributed by atoms with E-state index in [1.807, 2.05) is 0 Å². The molecule has 7 nitrogen and oxygen atoms in total. The highest BCUT2D eigenvalue weighted by Crippen LogP contribution is 2.30. The number of benzene rings is 1. The minimum absolute atomic E-state index is 0.0823. The number of rotatable bonds is 5. The predicted molar refractivity (Wildman–Crippen MR) is 73.4 cm³/mol. The largest absolute Gasteiger partial charge is 0.462 e. The van der Waals surface area contributed by atoms with Gasteiger partial charge in [0.2, 0.25) is 5.75 Å². The van der Waals surface area contributed by atoms with Crippen molar-refractivity contribution >= 4 is 11.7 Å². The van der Waals surface area contributed by atoms with Crippen molar-refractivity contribution in [2.24, 2.45) is 0 Å². The molecular formula is C14H12N2O5. The number of hydrogen-bond donors (Lipinski definition) is 0. The van der Waals surface area contributed by atoms with Crippen LogP contribution in [0.4, 0.5) is 5.69 Å². The van der Waals surface area contributed by atoms with Crippen LogP contribution in [-0.4, -0.2) is 22.5 Å². The number of nitrogens with zero attached hydrogens (tertiary/aromatic N) is 2. The van der Waals surface area contributed by atoms with E-state index >= 15 is 0 Å². The Bertz CT molecular complexity index is 655. The number of nitro groups is 1. The molecule has 0 atom stereocenters. The predicted octanol–water partition coefficient (Wildman–Crippen LogP) is 2.96. The molecule has 0 bridgehead atoms. The number of pyridine rings is 1. The quantitative estimate of drug-likeness (QED) is 0.477. The van der Waals surface area contributed by atoms with Crippen LogP contribution in [0.25, 0.3) is 0 Å². The standard InChI is InChI=1S/C14H12N2O5/c1-2-20-14(17)10-3-5-11(6-4-10)21-13-7-8-15-9-12(13)16(18)19/h3-9H,2H2,1H3. The van der Waals surface area contributed by atoms with Gasteiger partial charge in [-0.25, -0.2) is 4.79 Å². The topological polar surface area (TPSA) is 91.6 Å². The van der Waals surface area contributed by atoms with Crippen molar-refractivity contribution in [1.82, 2.24) is 4.98 Å². The van der Waals surface area contributed by atoms with Crippen molar-refractivity contribution in [3.05, 3.63) is 58.4 Å². The van der Waals surface area contributed by atoms with Gasteiger partial charge in [-0.1, -0.05) is 0 Å². The fourth-order valence-electron chi connectivity index (χ4n) is 1.60. The highest BCUT2D eigenvalue weighted by Gasteiger charge is 2.15. The summed E-state index contributed by atoms with van der Waals surface area (Å²) >= 11 is 0. The molecule has 0 spiro atoms. The van der Waals surface area contributed by atoms with E-state index in [2.05, 4.69) is 4.98 Å². The number of carbonyl (C=O) groups is 1. The van der Waals surface area contributed by atoms with Crippen LogP contribution in [0.3, 0.4) is 0 Å². The van der Waals surface area contributed by atoms with E-state index < -0.39 is 10.9 Å². The SMILES string of the molecule is CCOC(=O)c1ccc(Oc2ccncc2[N+](=O)[O-])cc1. The second-order valence-electron chi connectivity index (χ2n) is 3.95. The number of carbonyl (C=O) groups excluding carboxylic acids is 1. The Labute approximate surface area is 120 Å². The Morgan fingerprint density at radius 1 is 1.29 bits per heavy atom. The molecule has 108 valence electrons. The Hall–Kier alpha value is -2.96. The van der Waals surface area contributed by atoms with Gasteiger partial charge in [-0.05, 0) is 31.2 Å². The Morgan fingerprint density at radius 2 is 2.00 bits per heavy atom. The van der Waals surface area contributed by atoms with E-state index in [0.29, 0.717) is 17.9 Å². The normalized spacial score (nSPS) is 9.95. The zero-order valence-corrected chi connectivity index (χ0v) is 11.2. The van der Waals surface area contributed by atoms with Crippen molar-refractivity contribution in [2.45, 2.75) is 6.92 Å². The van der Waals surface area contributed by atoms with E-state index in [1.165, 1.54) is 36.5 Å². The summed E-state index contributed by atoms with van der Waals surface area (Å²) in [6.07, 6.45) is 2.51. The zero-order chi connectivity index (χ0) is 15.2. The molecule has 0 amide bonds. The van der Waals surface area contributed by atoms with E-state index in [9.17, 15) is 14.9 Å². The van der Waals surface area contributed by atoms with Crippen molar-refractivity contribution in [1.29, 1.82) is 0 Å². The van der Waals surface area contributed by atoms with Gasteiger partial charge in [-0.3, -0.25) is 15.1 Å². The molecule has 0 aliphatic carbocycles. The summed E-state index contributed by atoms with van der Waals surface area (Å²) in [5, 5.41) is 10.9. The van der Waals surface area contributed by atoms with Crippen LogP contribution >= 0.6 is 0 Å². The molecule has 0 saturated heterocycles. The molecule has 1 aromatic heterocycles. The molecule has 0 aliphatic heterocycles. The molecule has 1 aromatic carbocycles. The summed E-state index contributed by atoms with van der Waals surface area (Å²) in [5.41, 5.74) is 0.153.